The highest BCUT2D eigenvalue weighted by atomic mass is 79.9. The Morgan fingerprint density at radius 1 is 1.10 bits per heavy atom. The fourth-order valence-corrected chi connectivity index (χ4v) is 2.27. The molecule has 0 heterocycles. The summed E-state index contributed by atoms with van der Waals surface area (Å²) in [5.74, 6) is -0.805. The van der Waals surface area contributed by atoms with Gasteiger partial charge in [-0.2, -0.15) is 0 Å². The first-order valence-corrected chi connectivity index (χ1v) is 7.41. The number of rotatable bonds is 4. The highest BCUT2D eigenvalue weighted by molar-refractivity contribution is 9.10. The largest absolute Gasteiger partial charge is 0.451 e. The Balaban J connectivity index is 2.07. The van der Waals surface area contributed by atoms with Gasteiger partial charge < -0.3 is 4.74 Å². The zero-order chi connectivity index (χ0) is 15.4. The van der Waals surface area contributed by atoms with E-state index in [-0.39, 0.29) is 5.78 Å². The van der Waals surface area contributed by atoms with Crippen molar-refractivity contribution in [3.8, 4) is 0 Å². The van der Waals surface area contributed by atoms with Gasteiger partial charge in [0.15, 0.2) is 6.10 Å². The van der Waals surface area contributed by atoms with Gasteiger partial charge in [0.25, 0.3) is 0 Å². The van der Waals surface area contributed by atoms with Crippen molar-refractivity contribution in [1.29, 1.82) is 0 Å². The van der Waals surface area contributed by atoms with Crippen molar-refractivity contribution in [2.24, 2.45) is 0 Å². The number of carbonyl (C=O) groups excluding carboxylic acids is 2. The number of hydrogen-bond acceptors (Lipinski definition) is 3. The van der Waals surface area contributed by atoms with Gasteiger partial charge in [-0.1, -0.05) is 33.6 Å². The van der Waals surface area contributed by atoms with Gasteiger partial charge in [0.05, 0.1) is 5.56 Å². The lowest BCUT2D eigenvalue weighted by Crippen LogP contribution is -2.24. The number of halogens is 2. The molecule has 21 heavy (non-hydrogen) atoms. The molecule has 2 aromatic carbocycles. The molecule has 0 bridgehead atoms. The summed E-state index contributed by atoms with van der Waals surface area (Å²) in [7, 11) is 0. The van der Waals surface area contributed by atoms with Gasteiger partial charge in [-0.15, -0.1) is 0 Å². The van der Waals surface area contributed by atoms with E-state index >= 15 is 0 Å². The molecule has 0 aliphatic rings. The third-order valence-electron chi connectivity index (χ3n) is 2.84. The summed E-state index contributed by atoms with van der Waals surface area (Å²) in [6, 6.07) is 13.3. The van der Waals surface area contributed by atoms with E-state index in [1.54, 1.807) is 55.5 Å². The van der Waals surface area contributed by atoms with Gasteiger partial charge in [-0.25, -0.2) is 4.79 Å². The Kier molecular flexibility index (Phi) is 5.15. The summed E-state index contributed by atoms with van der Waals surface area (Å²) in [4.78, 5) is 24.1. The molecule has 0 fully saturated rings. The van der Waals surface area contributed by atoms with Crippen LogP contribution in [0.5, 0.6) is 0 Å². The molecule has 0 amide bonds. The van der Waals surface area contributed by atoms with Gasteiger partial charge in [-0.05, 0) is 49.4 Å². The summed E-state index contributed by atoms with van der Waals surface area (Å²) < 4.78 is 5.97. The minimum absolute atomic E-state index is 0.269. The van der Waals surface area contributed by atoms with Gasteiger partial charge in [0.1, 0.15) is 0 Å². The van der Waals surface area contributed by atoms with Gasteiger partial charge in [0.2, 0.25) is 5.78 Å². The average Bonchev–Trinajstić information content (AvgIpc) is 2.47. The number of Topliss-reactive ketones (excluding diaryl/α,β-unsaturated/α-hetero) is 1. The predicted octanol–water partition coefficient (Wildman–Crippen LogP) is 4.53. The van der Waals surface area contributed by atoms with Gasteiger partial charge in [-0.3, -0.25) is 4.79 Å². The van der Waals surface area contributed by atoms with Crippen molar-refractivity contribution in [2.75, 3.05) is 0 Å². The minimum Gasteiger partial charge on any atom is -0.451 e. The Morgan fingerprint density at radius 3 is 2.38 bits per heavy atom. The van der Waals surface area contributed by atoms with E-state index in [1.807, 2.05) is 0 Å². The monoisotopic (exact) mass is 366 g/mol. The van der Waals surface area contributed by atoms with E-state index < -0.39 is 12.1 Å². The zero-order valence-corrected chi connectivity index (χ0v) is 13.5. The molecule has 0 unspecified atom stereocenters. The summed E-state index contributed by atoms with van der Waals surface area (Å²) in [6.45, 7) is 1.55. The Bertz CT molecular complexity index is 667. The lowest BCUT2D eigenvalue weighted by Gasteiger charge is -2.12. The van der Waals surface area contributed by atoms with E-state index in [1.165, 1.54) is 0 Å². The lowest BCUT2D eigenvalue weighted by molar-refractivity contribution is 0.0319. The lowest BCUT2D eigenvalue weighted by atomic mass is 10.1. The van der Waals surface area contributed by atoms with Crippen molar-refractivity contribution in [3.63, 3.8) is 0 Å². The maximum Gasteiger partial charge on any atom is 0.338 e. The van der Waals surface area contributed by atoms with E-state index in [2.05, 4.69) is 15.9 Å². The van der Waals surface area contributed by atoms with Gasteiger partial charge in [0, 0.05) is 15.1 Å². The average molecular weight is 368 g/mol. The van der Waals surface area contributed by atoms with Crippen LogP contribution in [-0.2, 0) is 4.74 Å². The summed E-state index contributed by atoms with van der Waals surface area (Å²) in [5.41, 5.74) is 0.842. The highest BCUT2D eigenvalue weighted by Gasteiger charge is 2.20. The number of hydrogen-bond donors (Lipinski definition) is 0. The van der Waals surface area contributed by atoms with E-state index in [9.17, 15) is 9.59 Å². The maximum absolute atomic E-state index is 12.2. The molecule has 0 N–H and O–H groups in total. The Labute approximate surface area is 136 Å². The molecular formula is C16H12BrClO3. The molecule has 108 valence electrons. The van der Waals surface area contributed by atoms with Crippen LogP contribution >= 0.6 is 27.5 Å². The molecule has 1 atom stereocenters. The first-order valence-electron chi connectivity index (χ1n) is 6.23. The van der Waals surface area contributed by atoms with Crippen LogP contribution in [0.25, 0.3) is 0 Å². The summed E-state index contributed by atoms with van der Waals surface area (Å²) in [6.07, 6.45) is -0.863. The van der Waals surface area contributed by atoms with Crippen LogP contribution < -0.4 is 0 Å². The molecule has 0 saturated heterocycles. The van der Waals surface area contributed by atoms with Crippen molar-refractivity contribution in [2.45, 2.75) is 13.0 Å². The maximum atomic E-state index is 12.2. The number of ether oxygens (including phenoxy) is 1. The van der Waals surface area contributed by atoms with Crippen molar-refractivity contribution in [1.82, 2.24) is 0 Å². The van der Waals surface area contributed by atoms with Crippen LogP contribution in [0.2, 0.25) is 5.02 Å². The minimum atomic E-state index is -0.863. The Hall–Kier alpha value is -1.65. The quantitative estimate of drug-likeness (QED) is 0.589. The van der Waals surface area contributed by atoms with Crippen molar-refractivity contribution >= 4 is 39.3 Å². The molecule has 0 aliphatic carbocycles. The molecule has 0 radical (unpaired) electrons. The second-order valence-electron chi connectivity index (χ2n) is 4.43. The molecule has 2 aromatic rings. The predicted molar refractivity (Wildman–Crippen MR) is 84.8 cm³/mol. The van der Waals surface area contributed by atoms with Crippen LogP contribution in [0.15, 0.2) is 53.0 Å². The molecule has 3 nitrogen and oxygen atoms in total. The topological polar surface area (TPSA) is 43.4 Å². The normalized spacial score (nSPS) is 11.8. The van der Waals surface area contributed by atoms with Crippen LogP contribution in [0.4, 0.5) is 0 Å². The SMILES string of the molecule is C[C@H](OC(=O)c1cccc(Br)c1)C(=O)c1ccc(Cl)cc1. The van der Waals surface area contributed by atoms with Crippen molar-refractivity contribution < 1.29 is 14.3 Å². The fourth-order valence-electron chi connectivity index (χ4n) is 1.75. The van der Waals surface area contributed by atoms with Gasteiger partial charge >= 0.3 is 5.97 Å². The molecule has 0 saturated carbocycles. The third kappa shape index (κ3) is 4.16. The van der Waals surface area contributed by atoms with E-state index in [4.69, 9.17) is 16.3 Å². The smallest absolute Gasteiger partial charge is 0.338 e. The van der Waals surface area contributed by atoms with Crippen molar-refractivity contribution in [3.05, 3.63) is 69.2 Å². The zero-order valence-electron chi connectivity index (χ0n) is 11.2. The van der Waals surface area contributed by atoms with E-state index in [0.717, 1.165) is 4.47 Å². The number of ketones is 1. The first-order chi connectivity index (χ1) is 9.97. The molecule has 0 aromatic heterocycles. The highest BCUT2D eigenvalue weighted by Crippen LogP contribution is 2.15. The second-order valence-corrected chi connectivity index (χ2v) is 5.78. The Morgan fingerprint density at radius 2 is 1.76 bits per heavy atom. The number of carbonyl (C=O) groups is 2. The second kappa shape index (κ2) is 6.87. The molecule has 2 rings (SSSR count). The van der Waals surface area contributed by atoms with Crippen LogP contribution in [0.3, 0.4) is 0 Å². The third-order valence-corrected chi connectivity index (χ3v) is 3.59. The fraction of sp³-hybridized carbons (Fsp3) is 0.125. The standard InChI is InChI=1S/C16H12BrClO3/c1-10(15(19)11-5-7-14(18)8-6-11)21-16(20)12-3-2-4-13(17)9-12/h2-10H,1H3/t10-/m0/s1. The number of benzene rings is 2. The summed E-state index contributed by atoms with van der Waals surface area (Å²) >= 11 is 9.06. The van der Waals surface area contributed by atoms with E-state index in [0.29, 0.717) is 16.1 Å². The number of esters is 1. The van der Waals surface area contributed by atoms with Crippen LogP contribution in [0.1, 0.15) is 27.6 Å². The molecular weight excluding hydrogens is 356 g/mol. The molecule has 5 heteroatoms. The van der Waals surface area contributed by atoms with Crippen LogP contribution in [0, 0.1) is 0 Å². The van der Waals surface area contributed by atoms with Crippen LogP contribution in [-0.4, -0.2) is 17.9 Å². The molecule has 0 spiro atoms. The summed E-state index contributed by atoms with van der Waals surface area (Å²) in [5, 5.41) is 0.547. The molecule has 0 aliphatic heterocycles. The first kappa shape index (κ1) is 15.7.